The van der Waals surface area contributed by atoms with Crippen LogP contribution in [0, 0.1) is 5.41 Å². The molecule has 2 heterocycles. The standard InChI is InChI=1S/C14H24N2O3/c1-13(2,3)19-12(18)16-9-4-5-14(7-10-16)6-8-15-11(14)17/h4-10H2,1-3H3,(H,15,17)/t14-/m1/s1. The van der Waals surface area contributed by atoms with Gasteiger partial charge in [0.15, 0.2) is 0 Å². The summed E-state index contributed by atoms with van der Waals surface area (Å²) in [7, 11) is 0. The molecule has 0 aromatic rings. The van der Waals surface area contributed by atoms with E-state index in [0.29, 0.717) is 13.1 Å². The van der Waals surface area contributed by atoms with E-state index in [2.05, 4.69) is 5.32 Å². The Morgan fingerprint density at radius 2 is 2.00 bits per heavy atom. The SMILES string of the molecule is CC(C)(C)OC(=O)N1CCC[C@@]2(CCNC2=O)CC1. The Labute approximate surface area is 114 Å². The summed E-state index contributed by atoms with van der Waals surface area (Å²) in [5.74, 6) is 0.165. The lowest BCUT2D eigenvalue weighted by molar-refractivity contribution is -0.128. The second kappa shape index (κ2) is 5.02. The molecule has 0 radical (unpaired) electrons. The molecule has 0 aromatic heterocycles. The van der Waals surface area contributed by atoms with E-state index in [0.717, 1.165) is 32.2 Å². The zero-order valence-electron chi connectivity index (χ0n) is 12.1. The van der Waals surface area contributed by atoms with Crippen molar-refractivity contribution in [2.75, 3.05) is 19.6 Å². The van der Waals surface area contributed by atoms with Crippen LogP contribution in [0.25, 0.3) is 0 Å². The van der Waals surface area contributed by atoms with Crippen LogP contribution in [0.5, 0.6) is 0 Å². The van der Waals surface area contributed by atoms with Gasteiger partial charge in [-0.2, -0.15) is 0 Å². The van der Waals surface area contributed by atoms with Gasteiger partial charge in [0.2, 0.25) is 5.91 Å². The minimum atomic E-state index is -0.466. The van der Waals surface area contributed by atoms with Gasteiger partial charge in [0.1, 0.15) is 5.60 Å². The van der Waals surface area contributed by atoms with Gasteiger partial charge in [-0.15, -0.1) is 0 Å². The lowest BCUT2D eigenvalue weighted by Gasteiger charge is -2.27. The van der Waals surface area contributed by atoms with Gasteiger partial charge in [0.25, 0.3) is 0 Å². The minimum absolute atomic E-state index is 0.165. The van der Waals surface area contributed by atoms with E-state index < -0.39 is 5.60 Å². The van der Waals surface area contributed by atoms with Crippen molar-refractivity contribution in [2.45, 2.75) is 52.1 Å². The highest BCUT2D eigenvalue weighted by atomic mass is 16.6. The molecule has 108 valence electrons. The maximum absolute atomic E-state index is 12.1. The molecular weight excluding hydrogens is 244 g/mol. The molecule has 2 rings (SSSR count). The third kappa shape index (κ3) is 3.19. The predicted octanol–water partition coefficient (Wildman–Crippen LogP) is 1.91. The lowest BCUT2D eigenvalue weighted by Crippen LogP contribution is -2.38. The van der Waals surface area contributed by atoms with Gasteiger partial charge in [0.05, 0.1) is 5.41 Å². The van der Waals surface area contributed by atoms with E-state index in [1.807, 2.05) is 20.8 Å². The number of rotatable bonds is 0. The van der Waals surface area contributed by atoms with Crippen molar-refractivity contribution in [1.82, 2.24) is 10.2 Å². The first-order chi connectivity index (χ1) is 8.82. The van der Waals surface area contributed by atoms with Crippen LogP contribution in [0.4, 0.5) is 4.79 Å². The quantitative estimate of drug-likeness (QED) is 0.730. The van der Waals surface area contributed by atoms with Crippen LogP contribution in [-0.2, 0) is 9.53 Å². The highest BCUT2D eigenvalue weighted by molar-refractivity contribution is 5.84. The molecule has 0 aliphatic carbocycles. The van der Waals surface area contributed by atoms with Gasteiger partial charge >= 0.3 is 6.09 Å². The van der Waals surface area contributed by atoms with Gasteiger partial charge in [0, 0.05) is 19.6 Å². The maximum atomic E-state index is 12.1. The van der Waals surface area contributed by atoms with Gasteiger partial charge < -0.3 is 15.0 Å². The molecule has 0 bridgehead atoms. The van der Waals surface area contributed by atoms with Crippen LogP contribution in [0.2, 0.25) is 0 Å². The monoisotopic (exact) mass is 268 g/mol. The number of carbonyl (C=O) groups is 2. The first-order valence-corrected chi connectivity index (χ1v) is 7.09. The molecule has 1 atom stereocenters. The molecule has 2 amide bonds. The predicted molar refractivity (Wildman–Crippen MR) is 71.7 cm³/mol. The van der Waals surface area contributed by atoms with E-state index in [9.17, 15) is 9.59 Å². The average Bonchev–Trinajstić information content (AvgIpc) is 2.52. The molecule has 2 saturated heterocycles. The summed E-state index contributed by atoms with van der Waals surface area (Å²) in [6, 6.07) is 0. The number of hydrogen-bond donors (Lipinski definition) is 1. The van der Waals surface area contributed by atoms with Crippen molar-refractivity contribution in [3.8, 4) is 0 Å². The Kier molecular flexibility index (Phi) is 3.74. The van der Waals surface area contributed by atoms with Crippen molar-refractivity contribution in [1.29, 1.82) is 0 Å². The van der Waals surface area contributed by atoms with Crippen LogP contribution in [0.1, 0.15) is 46.5 Å². The van der Waals surface area contributed by atoms with Gasteiger partial charge in [-0.3, -0.25) is 4.79 Å². The van der Waals surface area contributed by atoms with E-state index in [-0.39, 0.29) is 17.4 Å². The minimum Gasteiger partial charge on any atom is -0.444 e. The molecule has 5 nitrogen and oxygen atoms in total. The summed E-state index contributed by atoms with van der Waals surface area (Å²) >= 11 is 0. The summed E-state index contributed by atoms with van der Waals surface area (Å²) in [5, 5.41) is 2.92. The molecular formula is C14H24N2O3. The molecule has 19 heavy (non-hydrogen) atoms. The smallest absolute Gasteiger partial charge is 0.410 e. The molecule has 1 N–H and O–H groups in total. The second-order valence-electron chi connectivity index (χ2n) is 6.61. The molecule has 2 aliphatic heterocycles. The normalized spacial score (nSPS) is 28.2. The Morgan fingerprint density at radius 3 is 2.58 bits per heavy atom. The summed E-state index contributed by atoms with van der Waals surface area (Å²) in [5.41, 5.74) is -0.706. The molecule has 5 heteroatoms. The summed E-state index contributed by atoms with van der Waals surface area (Å²) in [6.07, 6.45) is 3.12. The van der Waals surface area contributed by atoms with E-state index in [1.165, 1.54) is 0 Å². The fraction of sp³-hybridized carbons (Fsp3) is 0.857. The van der Waals surface area contributed by atoms with Gasteiger partial charge in [-0.05, 0) is 46.5 Å². The van der Waals surface area contributed by atoms with Gasteiger partial charge in [-0.25, -0.2) is 4.79 Å². The van der Waals surface area contributed by atoms with Crippen LogP contribution in [0.3, 0.4) is 0 Å². The second-order valence-corrected chi connectivity index (χ2v) is 6.61. The number of nitrogens with one attached hydrogen (secondary N) is 1. The van der Waals surface area contributed by atoms with E-state index in [1.54, 1.807) is 4.90 Å². The highest BCUT2D eigenvalue weighted by Crippen LogP contribution is 2.38. The number of amides is 2. The Morgan fingerprint density at radius 1 is 1.26 bits per heavy atom. The number of nitrogens with zero attached hydrogens (tertiary/aromatic N) is 1. The molecule has 0 aromatic carbocycles. The molecule has 0 saturated carbocycles. The number of ether oxygens (including phenoxy) is 1. The van der Waals surface area contributed by atoms with Crippen molar-refractivity contribution in [3.05, 3.63) is 0 Å². The fourth-order valence-electron chi connectivity index (χ4n) is 2.90. The third-order valence-electron chi connectivity index (χ3n) is 3.97. The van der Waals surface area contributed by atoms with E-state index >= 15 is 0 Å². The number of carbonyl (C=O) groups excluding carboxylic acids is 2. The Hall–Kier alpha value is -1.26. The average molecular weight is 268 g/mol. The third-order valence-corrected chi connectivity index (χ3v) is 3.97. The molecule has 2 fully saturated rings. The van der Waals surface area contributed by atoms with Crippen molar-refractivity contribution < 1.29 is 14.3 Å². The summed E-state index contributed by atoms with van der Waals surface area (Å²) in [4.78, 5) is 25.8. The Bertz CT molecular complexity index is 375. The van der Waals surface area contributed by atoms with Crippen molar-refractivity contribution in [3.63, 3.8) is 0 Å². The van der Waals surface area contributed by atoms with Crippen LogP contribution >= 0.6 is 0 Å². The zero-order chi connectivity index (χ0) is 14.1. The van der Waals surface area contributed by atoms with Crippen LogP contribution in [-0.4, -0.2) is 42.1 Å². The number of hydrogen-bond acceptors (Lipinski definition) is 3. The summed E-state index contributed by atoms with van der Waals surface area (Å²) < 4.78 is 5.40. The van der Waals surface area contributed by atoms with Crippen LogP contribution in [0.15, 0.2) is 0 Å². The van der Waals surface area contributed by atoms with Crippen LogP contribution < -0.4 is 5.32 Å². The zero-order valence-corrected chi connectivity index (χ0v) is 12.1. The first kappa shape index (κ1) is 14.2. The Balaban J connectivity index is 1.97. The molecule has 1 spiro atoms. The molecule has 2 aliphatic rings. The number of likely N-dealkylation sites (tertiary alicyclic amines) is 1. The largest absolute Gasteiger partial charge is 0.444 e. The molecule has 0 unspecified atom stereocenters. The topological polar surface area (TPSA) is 58.6 Å². The highest BCUT2D eigenvalue weighted by Gasteiger charge is 2.43. The first-order valence-electron chi connectivity index (χ1n) is 7.09. The van der Waals surface area contributed by atoms with Crippen molar-refractivity contribution >= 4 is 12.0 Å². The van der Waals surface area contributed by atoms with Crippen molar-refractivity contribution in [2.24, 2.45) is 5.41 Å². The summed E-state index contributed by atoms with van der Waals surface area (Å²) in [6.45, 7) is 7.68. The maximum Gasteiger partial charge on any atom is 0.410 e. The van der Waals surface area contributed by atoms with E-state index in [4.69, 9.17) is 4.74 Å². The lowest BCUT2D eigenvalue weighted by atomic mass is 9.79. The fourth-order valence-corrected chi connectivity index (χ4v) is 2.90. The van der Waals surface area contributed by atoms with Gasteiger partial charge in [-0.1, -0.05) is 0 Å².